The summed E-state index contributed by atoms with van der Waals surface area (Å²) in [5.74, 6) is -1.34. The smallest absolute Gasteiger partial charge is 0.327 e. The van der Waals surface area contributed by atoms with E-state index in [1.165, 1.54) is 11.1 Å². The van der Waals surface area contributed by atoms with Gasteiger partial charge in [0, 0.05) is 32.0 Å². The first kappa shape index (κ1) is 13.4. The van der Waals surface area contributed by atoms with E-state index >= 15 is 0 Å². The van der Waals surface area contributed by atoms with Crippen LogP contribution in [0.5, 0.6) is 0 Å². The van der Waals surface area contributed by atoms with E-state index in [9.17, 15) is 14.7 Å². The van der Waals surface area contributed by atoms with Crippen LogP contribution in [0.25, 0.3) is 11.0 Å². The summed E-state index contributed by atoms with van der Waals surface area (Å²) in [4.78, 5) is 33.7. The predicted molar refractivity (Wildman–Crippen MR) is 74.9 cm³/mol. The van der Waals surface area contributed by atoms with Crippen molar-refractivity contribution in [2.75, 3.05) is 19.6 Å². The third-order valence-electron chi connectivity index (χ3n) is 3.52. The van der Waals surface area contributed by atoms with Crippen LogP contribution in [0.15, 0.2) is 30.6 Å². The number of nitrogens with one attached hydrogen (secondary N) is 1. The molecule has 1 aliphatic heterocycles. The summed E-state index contributed by atoms with van der Waals surface area (Å²) in [6, 6.07) is 4.28. The number of rotatable bonds is 2. The molecule has 1 aromatic heterocycles. The lowest BCUT2D eigenvalue weighted by molar-refractivity contribution is -0.142. The number of piperazine rings is 1. The van der Waals surface area contributed by atoms with Gasteiger partial charge in [-0.2, -0.15) is 0 Å². The first-order valence-electron chi connectivity index (χ1n) is 6.62. The maximum Gasteiger partial charge on any atom is 0.327 e. The third-order valence-corrected chi connectivity index (χ3v) is 3.52. The molecule has 108 valence electrons. The number of aliphatic carboxylic acids is 1. The van der Waals surface area contributed by atoms with Gasteiger partial charge in [0.2, 0.25) is 0 Å². The molecular formula is C14H14N4O3. The largest absolute Gasteiger partial charge is 0.480 e. The average Bonchev–Trinajstić information content (AvgIpc) is 2.53. The molecule has 1 amide bonds. The lowest BCUT2D eigenvalue weighted by atomic mass is 10.1. The van der Waals surface area contributed by atoms with Crippen molar-refractivity contribution in [3.05, 3.63) is 36.2 Å². The van der Waals surface area contributed by atoms with Crippen molar-refractivity contribution in [3.63, 3.8) is 0 Å². The summed E-state index contributed by atoms with van der Waals surface area (Å²) in [5.41, 5.74) is 1.49. The molecule has 7 heteroatoms. The molecule has 2 heterocycles. The molecule has 2 N–H and O–H groups in total. The third kappa shape index (κ3) is 2.43. The Morgan fingerprint density at radius 1 is 1.29 bits per heavy atom. The number of amides is 1. The molecule has 0 aliphatic carbocycles. The number of carbonyl (C=O) groups excluding carboxylic acids is 1. The summed E-state index contributed by atoms with van der Waals surface area (Å²) in [6.07, 6.45) is 3.08. The minimum absolute atomic E-state index is 0.248. The summed E-state index contributed by atoms with van der Waals surface area (Å²) >= 11 is 0. The first-order chi connectivity index (χ1) is 10.2. The van der Waals surface area contributed by atoms with Gasteiger partial charge in [-0.05, 0) is 12.1 Å². The molecule has 7 nitrogen and oxygen atoms in total. The van der Waals surface area contributed by atoms with Gasteiger partial charge >= 0.3 is 5.97 Å². The van der Waals surface area contributed by atoms with Crippen molar-refractivity contribution >= 4 is 22.9 Å². The van der Waals surface area contributed by atoms with Crippen LogP contribution < -0.4 is 5.32 Å². The van der Waals surface area contributed by atoms with Crippen LogP contribution in [0.4, 0.5) is 0 Å². The number of carboxylic acid groups (broad SMARTS) is 1. The quantitative estimate of drug-likeness (QED) is 0.814. The molecule has 0 saturated carbocycles. The van der Waals surface area contributed by atoms with E-state index in [-0.39, 0.29) is 12.5 Å². The number of hydrogen-bond donors (Lipinski definition) is 2. The maximum atomic E-state index is 12.7. The van der Waals surface area contributed by atoms with Crippen molar-refractivity contribution in [1.82, 2.24) is 20.2 Å². The van der Waals surface area contributed by atoms with Crippen molar-refractivity contribution in [1.29, 1.82) is 0 Å². The fraction of sp³-hybridized carbons (Fsp3) is 0.286. The number of carboxylic acids is 1. The van der Waals surface area contributed by atoms with Crippen LogP contribution in [0, 0.1) is 0 Å². The summed E-state index contributed by atoms with van der Waals surface area (Å²) in [5, 5.41) is 12.2. The fourth-order valence-electron chi connectivity index (χ4n) is 2.49. The van der Waals surface area contributed by atoms with Gasteiger partial charge in [0.1, 0.15) is 11.6 Å². The second kappa shape index (κ2) is 5.45. The van der Waals surface area contributed by atoms with Gasteiger partial charge in [-0.3, -0.25) is 14.8 Å². The minimum atomic E-state index is -1.01. The Balaban J connectivity index is 2.01. The van der Waals surface area contributed by atoms with E-state index in [0.29, 0.717) is 29.7 Å². The van der Waals surface area contributed by atoms with E-state index in [1.807, 2.05) is 0 Å². The van der Waals surface area contributed by atoms with Crippen LogP contribution in [0.3, 0.4) is 0 Å². The molecule has 1 atom stereocenters. The van der Waals surface area contributed by atoms with Crippen molar-refractivity contribution in [2.24, 2.45) is 0 Å². The van der Waals surface area contributed by atoms with Crippen molar-refractivity contribution in [2.45, 2.75) is 6.04 Å². The molecule has 1 saturated heterocycles. The van der Waals surface area contributed by atoms with E-state index in [2.05, 4.69) is 15.3 Å². The topological polar surface area (TPSA) is 95.4 Å². The average molecular weight is 286 g/mol. The summed E-state index contributed by atoms with van der Waals surface area (Å²) in [7, 11) is 0. The molecule has 21 heavy (non-hydrogen) atoms. The van der Waals surface area contributed by atoms with E-state index in [1.54, 1.807) is 24.4 Å². The van der Waals surface area contributed by atoms with E-state index < -0.39 is 12.0 Å². The standard InChI is InChI=1S/C14H14N4O3/c19-13(18-7-6-15-8-11(18)14(20)21)9-2-1-3-10-12(9)17-5-4-16-10/h1-5,11,15H,6-8H2,(H,20,21). The molecule has 1 fully saturated rings. The molecule has 2 aromatic rings. The molecule has 0 spiro atoms. The molecule has 0 radical (unpaired) electrons. The highest BCUT2D eigenvalue weighted by Crippen LogP contribution is 2.18. The zero-order valence-corrected chi connectivity index (χ0v) is 11.2. The molecule has 0 bridgehead atoms. The zero-order chi connectivity index (χ0) is 14.8. The van der Waals surface area contributed by atoms with Gasteiger partial charge < -0.3 is 15.3 Å². The Labute approximate surface area is 120 Å². The molecule has 1 aromatic carbocycles. The SMILES string of the molecule is O=C(O)C1CNCCN1C(=O)c1cccc2nccnc12. The zero-order valence-electron chi connectivity index (χ0n) is 11.2. The number of hydrogen-bond acceptors (Lipinski definition) is 5. The van der Waals surface area contributed by atoms with Gasteiger partial charge in [0.05, 0.1) is 11.1 Å². The number of para-hydroxylation sites is 1. The normalized spacial score (nSPS) is 18.7. The van der Waals surface area contributed by atoms with Crippen LogP contribution >= 0.6 is 0 Å². The highest BCUT2D eigenvalue weighted by atomic mass is 16.4. The molecular weight excluding hydrogens is 272 g/mol. The Bertz CT molecular complexity index is 698. The Morgan fingerprint density at radius 2 is 2.10 bits per heavy atom. The van der Waals surface area contributed by atoms with E-state index in [4.69, 9.17) is 0 Å². The van der Waals surface area contributed by atoms with Gasteiger partial charge in [0.25, 0.3) is 5.91 Å². The fourth-order valence-corrected chi connectivity index (χ4v) is 2.49. The predicted octanol–water partition coefficient (Wildman–Crippen LogP) is 0.128. The van der Waals surface area contributed by atoms with Gasteiger partial charge in [-0.15, -0.1) is 0 Å². The Kier molecular flexibility index (Phi) is 3.49. The van der Waals surface area contributed by atoms with Crippen LogP contribution in [-0.2, 0) is 4.79 Å². The van der Waals surface area contributed by atoms with Crippen molar-refractivity contribution < 1.29 is 14.7 Å². The highest BCUT2D eigenvalue weighted by molar-refractivity contribution is 6.05. The number of fused-ring (bicyclic) bond motifs is 1. The Hall–Kier alpha value is -2.54. The Morgan fingerprint density at radius 3 is 2.90 bits per heavy atom. The molecule has 1 unspecified atom stereocenters. The number of nitrogens with zero attached hydrogens (tertiary/aromatic N) is 3. The van der Waals surface area contributed by atoms with Gasteiger partial charge in [0.15, 0.2) is 0 Å². The van der Waals surface area contributed by atoms with Gasteiger partial charge in [-0.1, -0.05) is 6.07 Å². The minimum Gasteiger partial charge on any atom is -0.480 e. The highest BCUT2D eigenvalue weighted by Gasteiger charge is 2.33. The molecule has 1 aliphatic rings. The van der Waals surface area contributed by atoms with Crippen LogP contribution in [-0.4, -0.2) is 57.5 Å². The van der Waals surface area contributed by atoms with Crippen LogP contribution in [0.2, 0.25) is 0 Å². The lowest BCUT2D eigenvalue weighted by Crippen LogP contribution is -2.57. The van der Waals surface area contributed by atoms with Crippen LogP contribution in [0.1, 0.15) is 10.4 Å². The van der Waals surface area contributed by atoms with Gasteiger partial charge in [-0.25, -0.2) is 4.79 Å². The maximum absolute atomic E-state index is 12.7. The summed E-state index contributed by atoms with van der Waals surface area (Å²) in [6.45, 7) is 1.18. The number of aromatic nitrogens is 2. The second-order valence-electron chi connectivity index (χ2n) is 4.79. The lowest BCUT2D eigenvalue weighted by Gasteiger charge is -2.33. The van der Waals surface area contributed by atoms with E-state index in [0.717, 1.165) is 0 Å². The second-order valence-corrected chi connectivity index (χ2v) is 4.79. The summed E-state index contributed by atoms with van der Waals surface area (Å²) < 4.78 is 0. The van der Waals surface area contributed by atoms with Crippen molar-refractivity contribution in [3.8, 4) is 0 Å². The number of carbonyl (C=O) groups is 2. The monoisotopic (exact) mass is 286 g/mol. The first-order valence-corrected chi connectivity index (χ1v) is 6.62. The molecule has 3 rings (SSSR count). The number of benzene rings is 1.